The summed E-state index contributed by atoms with van der Waals surface area (Å²) in [5, 5.41) is 0. The molecule has 14 heavy (non-hydrogen) atoms. The van der Waals surface area contributed by atoms with Gasteiger partial charge in [0.05, 0.1) is 13.2 Å². The van der Waals surface area contributed by atoms with Crippen LogP contribution in [0.15, 0.2) is 0 Å². The van der Waals surface area contributed by atoms with Crippen LogP contribution in [-0.2, 0) is 14.3 Å². The summed E-state index contributed by atoms with van der Waals surface area (Å²) in [6, 6.07) is 0. The molecule has 0 bridgehead atoms. The summed E-state index contributed by atoms with van der Waals surface area (Å²) in [4.78, 5) is 12.3. The molecule has 1 unspecified atom stereocenters. The molecular weight excluding hydrogens is 250 g/mol. The van der Waals surface area contributed by atoms with Crippen LogP contribution in [0.25, 0.3) is 0 Å². The molecule has 1 N–H and O–H groups in total. The Balaban J connectivity index is 2.05. The molecule has 0 aliphatic carbocycles. The normalized spacial score (nSPS) is 20.4. The van der Waals surface area contributed by atoms with Gasteiger partial charge in [-0.15, -0.1) is 0 Å². The molecule has 5 heteroatoms. The van der Waals surface area contributed by atoms with Crippen LogP contribution in [0.5, 0.6) is 0 Å². The Morgan fingerprint density at radius 1 is 1.57 bits per heavy atom. The fourth-order valence-corrected chi connectivity index (χ4v) is 1.45. The van der Waals surface area contributed by atoms with Crippen molar-refractivity contribution in [2.75, 3.05) is 39.5 Å². The van der Waals surface area contributed by atoms with Crippen LogP contribution >= 0.6 is 15.9 Å². The number of carbonyl (C=O) groups excluding carboxylic acids is 1. The first-order chi connectivity index (χ1) is 6.70. The van der Waals surface area contributed by atoms with Crippen LogP contribution < -0.4 is 4.90 Å². The van der Waals surface area contributed by atoms with Gasteiger partial charge >= 0.3 is 5.97 Å². The van der Waals surface area contributed by atoms with Gasteiger partial charge in [-0.25, -0.2) is 0 Å². The van der Waals surface area contributed by atoms with Crippen molar-refractivity contribution in [2.45, 2.75) is 11.8 Å². The summed E-state index contributed by atoms with van der Waals surface area (Å²) in [5.74, 6) is -0.183. The van der Waals surface area contributed by atoms with E-state index < -0.39 is 0 Å². The molecule has 1 rings (SSSR count). The minimum Gasteiger partial charge on any atom is -0.459 e. The quantitative estimate of drug-likeness (QED) is 0.537. The third-order valence-corrected chi connectivity index (χ3v) is 2.60. The molecule has 4 nitrogen and oxygen atoms in total. The van der Waals surface area contributed by atoms with Gasteiger partial charge in [0.15, 0.2) is 0 Å². The van der Waals surface area contributed by atoms with E-state index in [9.17, 15) is 4.79 Å². The second kappa shape index (κ2) is 6.37. The zero-order valence-electron chi connectivity index (χ0n) is 8.42. The number of carbonyl (C=O) groups is 1. The van der Waals surface area contributed by atoms with E-state index in [2.05, 4.69) is 15.9 Å². The predicted octanol–water partition coefficient (Wildman–Crippen LogP) is -0.772. The molecule has 0 aromatic carbocycles. The maximum Gasteiger partial charge on any atom is 0.319 e. The van der Waals surface area contributed by atoms with Crippen molar-refractivity contribution in [3.8, 4) is 0 Å². The van der Waals surface area contributed by atoms with Gasteiger partial charge in [0.25, 0.3) is 0 Å². The van der Waals surface area contributed by atoms with Crippen molar-refractivity contribution in [1.82, 2.24) is 0 Å². The molecule has 1 saturated heterocycles. The number of morpholine rings is 1. The number of halogens is 1. The van der Waals surface area contributed by atoms with E-state index in [0.717, 1.165) is 32.8 Å². The molecule has 0 saturated carbocycles. The second-order valence-corrected chi connectivity index (χ2v) is 4.77. The highest BCUT2D eigenvalue weighted by Crippen LogP contribution is 1.98. The molecule has 1 aliphatic heterocycles. The summed E-state index contributed by atoms with van der Waals surface area (Å²) in [6.45, 7) is 6.82. The number of hydrogen-bond acceptors (Lipinski definition) is 3. The summed E-state index contributed by atoms with van der Waals surface area (Å²) in [6.07, 6.45) is 0. The van der Waals surface area contributed by atoms with Crippen LogP contribution in [0.1, 0.15) is 6.92 Å². The minimum atomic E-state index is -0.206. The van der Waals surface area contributed by atoms with Crippen molar-refractivity contribution in [1.29, 1.82) is 0 Å². The van der Waals surface area contributed by atoms with E-state index >= 15 is 0 Å². The monoisotopic (exact) mass is 266 g/mol. The van der Waals surface area contributed by atoms with Crippen LogP contribution in [-0.4, -0.2) is 50.3 Å². The Labute approximate surface area is 92.7 Å². The molecule has 82 valence electrons. The maximum atomic E-state index is 11.1. The Morgan fingerprint density at radius 2 is 2.21 bits per heavy atom. The molecule has 1 aliphatic rings. The minimum absolute atomic E-state index is 0.183. The lowest BCUT2D eigenvalue weighted by atomic mass is 10.4. The van der Waals surface area contributed by atoms with E-state index in [4.69, 9.17) is 9.47 Å². The summed E-state index contributed by atoms with van der Waals surface area (Å²) < 4.78 is 10.3. The number of hydrogen-bond donors (Lipinski definition) is 1. The van der Waals surface area contributed by atoms with E-state index in [1.165, 1.54) is 4.90 Å². The van der Waals surface area contributed by atoms with E-state index in [-0.39, 0.29) is 10.8 Å². The molecule has 1 heterocycles. The Bertz CT molecular complexity index is 181. The number of alkyl halides is 1. The summed E-state index contributed by atoms with van der Waals surface area (Å²) in [5.41, 5.74) is 0. The largest absolute Gasteiger partial charge is 0.459 e. The predicted molar refractivity (Wildman–Crippen MR) is 55.7 cm³/mol. The number of quaternary nitrogens is 1. The van der Waals surface area contributed by atoms with Gasteiger partial charge in [-0.1, -0.05) is 15.9 Å². The smallest absolute Gasteiger partial charge is 0.319 e. The van der Waals surface area contributed by atoms with Crippen molar-refractivity contribution < 1.29 is 19.2 Å². The lowest BCUT2D eigenvalue weighted by Gasteiger charge is -2.23. The van der Waals surface area contributed by atoms with Gasteiger partial charge in [0.1, 0.15) is 31.1 Å². The van der Waals surface area contributed by atoms with E-state index in [1.807, 2.05) is 0 Å². The maximum absolute atomic E-state index is 11.1. The van der Waals surface area contributed by atoms with Gasteiger partial charge < -0.3 is 14.4 Å². The highest BCUT2D eigenvalue weighted by molar-refractivity contribution is 9.10. The van der Waals surface area contributed by atoms with Crippen LogP contribution in [0.2, 0.25) is 0 Å². The molecular formula is C9H17BrNO3+. The number of esters is 1. The second-order valence-electron chi connectivity index (χ2n) is 3.40. The standard InChI is InChI=1S/C9H16BrNO3/c1-8(10)9(12)14-7-4-11-2-5-13-6-3-11/h8H,2-7H2,1H3/p+1. The SMILES string of the molecule is CC(Br)C(=O)OCC[NH+]1CCOCC1. The average Bonchev–Trinajstić information content (AvgIpc) is 2.19. The first kappa shape index (κ1) is 11.9. The topological polar surface area (TPSA) is 40.0 Å². The Hall–Kier alpha value is -0.130. The molecule has 0 amide bonds. The van der Waals surface area contributed by atoms with Gasteiger partial charge in [-0.3, -0.25) is 4.79 Å². The van der Waals surface area contributed by atoms with E-state index in [0.29, 0.717) is 6.61 Å². The average molecular weight is 267 g/mol. The zero-order valence-corrected chi connectivity index (χ0v) is 10.0. The third-order valence-electron chi connectivity index (χ3n) is 2.22. The molecule has 1 atom stereocenters. The Morgan fingerprint density at radius 3 is 2.79 bits per heavy atom. The zero-order chi connectivity index (χ0) is 10.4. The molecule has 1 fully saturated rings. The molecule has 0 spiro atoms. The molecule has 0 radical (unpaired) electrons. The van der Waals surface area contributed by atoms with Crippen molar-refractivity contribution in [3.05, 3.63) is 0 Å². The summed E-state index contributed by atoms with van der Waals surface area (Å²) in [7, 11) is 0. The molecule has 0 aromatic rings. The van der Waals surface area contributed by atoms with Crippen molar-refractivity contribution >= 4 is 21.9 Å². The van der Waals surface area contributed by atoms with Gasteiger partial charge in [-0.2, -0.15) is 0 Å². The fraction of sp³-hybridized carbons (Fsp3) is 0.889. The molecule has 0 aromatic heterocycles. The van der Waals surface area contributed by atoms with Crippen molar-refractivity contribution in [2.24, 2.45) is 0 Å². The number of ether oxygens (including phenoxy) is 2. The lowest BCUT2D eigenvalue weighted by Crippen LogP contribution is -3.14. The fourth-order valence-electron chi connectivity index (χ4n) is 1.32. The van der Waals surface area contributed by atoms with Gasteiger partial charge in [0, 0.05) is 0 Å². The highest BCUT2D eigenvalue weighted by atomic mass is 79.9. The number of rotatable bonds is 4. The Kier molecular flexibility index (Phi) is 5.44. The van der Waals surface area contributed by atoms with Crippen LogP contribution in [0.4, 0.5) is 0 Å². The first-order valence-electron chi connectivity index (χ1n) is 4.92. The lowest BCUT2D eigenvalue weighted by molar-refractivity contribution is -0.908. The van der Waals surface area contributed by atoms with E-state index in [1.54, 1.807) is 6.92 Å². The van der Waals surface area contributed by atoms with Crippen LogP contribution in [0, 0.1) is 0 Å². The van der Waals surface area contributed by atoms with Crippen molar-refractivity contribution in [3.63, 3.8) is 0 Å². The number of nitrogens with one attached hydrogen (secondary N) is 1. The van der Waals surface area contributed by atoms with Gasteiger partial charge in [0.2, 0.25) is 0 Å². The first-order valence-corrected chi connectivity index (χ1v) is 5.83. The van der Waals surface area contributed by atoms with Gasteiger partial charge in [-0.05, 0) is 6.92 Å². The van der Waals surface area contributed by atoms with Crippen LogP contribution in [0.3, 0.4) is 0 Å². The summed E-state index contributed by atoms with van der Waals surface area (Å²) >= 11 is 3.16. The third kappa shape index (κ3) is 4.39. The highest BCUT2D eigenvalue weighted by Gasteiger charge is 2.15.